The molecule has 0 aliphatic carbocycles. The van der Waals surface area contributed by atoms with Gasteiger partial charge in [-0.1, -0.05) is 69.3 Å². The lowest BCUT2D eigenvalue weighted by Crippen LogP contribution is -2.43. The molecule has 2 aromatic heterocycles. The third-order valence-electron chi connectivity index (χ3n) is 8.05. The Balaban J connectivity index is 1.42. The average Bonchev–Trinajstić information content (AvgIpc) is 3.53. The summed E-state index contributed by atoms with van der Waals surface area (Å²) in [7, 11) is -2.02. The molecule has 8 heteroatoms. The Morgan fingerprint density at radius 1 is 0.854 bits per heavy atom. The van der Waals surface area contributed by atoms with Gasteiger partial charge in [0.2, 0.25) is 21.0 Å². The van der Waals surface area contributed by atoms with Gasteiger partial charge in [0, 0.05) is 24.6 Å². The normalized spacial score (nSPS) is 13.1. The van der Waals surface area contributed by atoms with Crippen LogP contribution in [0.25, 0.3) is 16.9 Å². The van der Waals surface area contributed by atoms with Gasteiger partial charge >= 0.3 is 0 Å². The average molecular weight is 566 g/mol. The zero-order chi connectivity index (χ0) is 28.8. The Hall–Kier alpha value is -4.30. The van der Waals surface area contributed by atoms with Crippen molar-refractivity contribution >= 4 is 14.0 Å². The molecular formula is C33H35N3O4Si. The summed E-state index contributed by atoms with van der Waals surface area (Å²) in [5, 5.41) is 11.5. The zero-order valence-electron chi connectivity index (χ0n) is 24.1. The Morgan fingerprint density at radius 2 is 1.61 bits per heavy atom. The maximum Gasteiger partial charge on any atom is 0.250 e. The number of rotatable bonds is 7. The zero-order valence-corrected chi connectivity index (χ0v) is 25.1. The number of aromatic hydroxyl groups is 1. The molecule has 0 atom stereocenters. The van der Waals surface area contributed by atoms with Gasteiger partial charge < -0.3 is 19.0 Å². The van der Waals surface area contributed by atoms with Crippen molar-refractivity contribution < 1.29 is 19.0 Å². The highest BCUT2D eigenvalue weighted by Crippen LogP contribution is 2.38. The van der Waals surface area contributed by atoms with Crippen LogP contribution in [-0.2, 0) is 12.8 Å². The van der Waals surface area contributed by atoms with Gasteiger partial charge in [0.15, 0.2) is 17.1 Å². The van der Waals surface area contributed by atoms with E-state index < -0.39 is 8.32 Å². The number of benzene rings is 3. The molecule has 0 amide bonds. The van der Waals surface area contributed by atoms with E-state index in [9.17, 15) is 5.11 Å². The van der Waals surface area contributed by atoms with E-state index in [1.807, 2.05) is 66.9 Å². The number of hydrogen-bond donors (Lipinski definition) is 1. The number of ether oxygens (including phenoxy) is 2. The summed E-state index contributed by atoms with van der Waals surface area (Å²) >= 11 is 0. The molecule has 0 bridgehead atoms. The van der Waals surface area contributed by atoms with Crippen molar-refractivity contribution in [3.8, 4) is 34.4 Å². The molecule has 6 rings (SSSR count). The fourth-order valence-corrected chi connectivity index (χ4v) is 5.74. The summed E-state index contributed by atoms with van der Waals surface area (Å²) < 4.78 is 19.3. The van der Waals surface area contributed by atoms with Gasteiger partial charge in [0.25, 0.3) is 0 Å². The number of aromatic nitrogens is 3. The van der Waals surface area contributed by atoms with Gasteiger partial charge in [-0.15, -0.1) is 0 Å². The van der Waals surface area contributed by atoms with Crippen LogP contribution < -0.4 is 13.9 Å². The van der Waals surface area contributed by atoms with Gasteiger partial charge in [-0.2, -0.15) is 0 Å². The minimum Gasteiger partial charge on any atom is -0.543 e. The van der Waals surface area contributed by atoms with Crippen LogP contribution in [0.5, 0.6) is 23.1 Å². The van der Waals surface area contributed by atoms with Crippen molar-refractivity contribution in [2.75, 3.05) is 6.79 Å². The lowest BCUT2D eigenvalue weighted by atomic mass is 10.1. The van der Waals surface area contributed by atoms with Gasteiger partial charge in [-0.05, 0) is 53.5 Å². The molecule has 0 radical (unpaired) electrons. The van der Waals surface area contributed by atoms with Crippen molar-refractivity contribution in [3.05, 3.63) is 102 Å². The molecule has 0 unspecified atom stereocenters. The molecule has 0 saturated heterocycles. The summed E-state index contributed by atoms with van der Waals surface area (Å²) in [5.41, 5.74) is 5.76. The molecule has 1 aliphatic rings. The second kappa shape index (κ2) is 10.3. The Bertz CT molecular complexity index is 1720. The van der Waals surface area contributed by atoms with Crippen molar-refractivity contribution in [2.45, 2.75) is 51.7 Å². The summed E-state index contributed by atoms with van der Waals surface area (Å²) in [6.07, 6.45) is 2.89. The summed E-state index contributed by atoms with van der Waals surface area (Å²) in [4.78, 5) is 9.97. The standard InChI is InChI=1S/C33H35N3O4Si/c1-33(2,3)41(4,5)40-25-13-9-12-24(19-25)28-20-36-31(26(34-28)16-22-10-7-6-8-11-22)35-27(32(36)37)17-23-14-15-29-30(18-23)39-21-38-29/h6-15,18-20,37H,16-17,21H2,1-5H3. The largest absolute Gasteiger partial charge is 0.543 e. The predicted octanol–water partition coefficient (Wildman–Crippen LogP) is 7.40. The van der Waals surface area contributed by atoms with E-state index >= 15 is 0 Å². The minimum absolute atomic E-state index is 0.0833. The highest BCUT2D eigenvalue weighted by atomic mass is 28.4. The van der Waals surface area contributed by atoms with E-state index in [4.69, 9.17) is 23.9 Å². The maximum absolute atomic E-state index is 11.4. The van der Waals surface area contributed by atoms with E-state index in [1.165, 1.54) is 0 Å². The molecule has 0 fully saturated rings. The molecule has 210 valence electrons. The van der Waals surface area contributed by atoms with Crippen molar-refractivity contribution in [1.29, 1.82) is 0 Å². The highest BCUT2D eigenvalue weighted by molar-refractivity contribution is 6.74. The third-order valence-corrected chi connectivity index (χ3v) is 12.4. The Labute approximate surface area is 241 Å². The van der Waals surface area contributed by atoms with Crippen molar-refractivity contribution in [1.82, 2.24) is 14.4 Å². The third kappa shape index (κ3) is 5.39. The summed E-state index contributed by atoms with van der Waals surface area (Å²) in [6.45, 7) is 11.4. The van der Waals surface area contributed by atoms with Crippen molar-refractivity contribution in [3.63, 3.8) is 0 Å². The first-order valence-electron chi connectivity index (χ1n) is 13.9. The highest BCUT2D eigenvalue weighted by Gasteiger charge is 2.39. The molecule has 5 aromatic rings. The topological polar surface area (TPSA) is 78.1 Å². The Kier molecular flexibility index (Phi) is 6.74. The Morgan fingerprint density at radius 3 is 2.39 bits per heavy atom. The molecular weight excluding hydrogens is 530 g/mol. The van der Waals surface area contributed by atoms with Crippen LogP contribution in [0.3, 0.4) is 0 Å². The summed E-state index contributed by atoms with van der Waals surface area (Å²) in [5.74, 6) is 2.37. The molecule has 0 saturated carbocycles. The number of fused-ring (bicyclic) bond motifs is 2. The fourth-order valence-electron chi connectivity index (χ4n) is 4.72. The summed E-state index contributed by atoms with van der Waals surface area (Å²) in [6, 6.07) is 24.1. The fraction of sp³-hybridized carbons (Fsp3) is 0.273. The van der Waals surface area contributed by atoms with E-state index in [-0.39, 0.29) is 17.7 Å². The minimum atomic E-state index is -2.02. The molecule has 1 N–H and O–H groups in total. The van der Waals surface area contributed by atoms with E-state index in [1.54, 1.807) is 4.40 Å². The van der Waals surface area contributed by atoms with Gasteiger partial charge in [-0.3, -0.25) is 4.40 Å². The maximum atomic E-state index is 11.4. The van der Waals surface area contributed by atoms with Crippen LogP contribution in [0.1, 0.15) is 43.3 Å². The van der Waals surface area contributed by atoms with Crippen molar-refractivity contribution in [2.24, 2.45) is 0 Å². The molecule has 0 spiro atoms. The van der Waals surface area contributed by atoms with Crippen LogP contribution in [0.4, 0.5) is 0 Å². The lowest BCUT2D eigenvalue weighted by molar-refractivity contribution is 0.174. The number of nitrogens with zero attached hydrogens (tertiary/aromatic N) is 3. The first-order valence-corrected chi connectivity index (χ1v) is 16.8. The predicted molar refractivity (Wildman–Crippen MR) is 163 cm³/mol. The van der Waals surface area contributed by atoms with Crippen LogP contribution in [0.2, 0.25) is 18.1 Å². The molecule has 3 heterocycles. The smallest absolute Gasteiger partial charge is 0.250 e. The van der Waals surface area contributed by atoms with Crippen LogP contribution in [0.15, 0.2) is 79.0 Å². The molecule has 3 aromatic carbocycles. The van der Waals surface area contributed by atoms with Crippen LogP contribution in [0, 0.1) is 0 Å². The number of imidazole rings is 1. The lowest BCUT2D eigenvalue weighted by Gasteiger charge is -2.36. The first kappa shape index (κ1) is 26.9. The van der Waals surface area contributed by atoms with E-state index in [0.717, 1.165) is 39.6 Å². The monoisotopic (exact) mass is 565 g/mol. The van der Waals surface area contributed by atoms with Gasteiger partial charge in [0.05, 0.1) is 11.4 Å². The van der Waals surface area contributed by atoms with E-state index in [0.29, 0.717) is 29.9 Å². The van der Waals surface area contributed by atoms with Gasteiger partial charge in [-0.25, -0.2) is 9.97 Å². The van der Waals surface area contributed by atoms with Crippen LogP contribution >= 0.6 is 0 Å². The molecule has 41 heavy (non-hydrogen) atoms. The second-order valence-corrected chi connectivity index (χ2v) is 16.8. The van der Waals surface area contributed by atoms with E-state index in [2.05, 4.69) is 46.0 Å². The molecule has 7 nitrogen and oxygen atoms in total. The SMILES string of the molecule is CC(C)(C)[Si](C)(C)Oc1cccc(-c2cn3c(O)c(Cc4ccc5c(c4)OCO5)nc3c(Cc3ccccc3)n2)c1. The quantitative estimate of drug-likeness (QED) is 0.207. The van der Waals surface area contributed by atoms with Gasteiger partial charge in [0.1, 0.15) is 11.4 Å². The number of hydrogen-bond acceptors (Lipinski definition) is 6. The van der Waals surface area contributed by atoms with Crippen LogP contribution in [-0.4, -0.2) is 34.6 Å². The first-order chi connectivity index (χ1) is 19.6. The second-order valence-electron chi connectivity index (χ2n) is 12.1. The molecule has 1 aliphatic heterocycles.